The second-order valence-electron chi connectivity index (χ2n) is 4.32. The lowest BCUT2D eigenvalue weighted by atomic mass is 10.3. The summed E-state index contributed by atoms with van der Waals surface area (Å²) in [5.41, 5.74) is 0. The number of fused-ring (bicyclic) bond motifs is 1. The molecule has 0 spiro atoms. The van der Waals surface area contributed by atoms with Gasteiger partial charge in [-0.05, 0) is 19.4 Å². The third kappa shape index (κ3) is 2.64. The van der Waals surface area contributed by atoms with Crippen molar-refractivity contribution in [1.29, 1.82) is 0 Å². The van der Waals surface area contributed by atoms with Crippen LogP contribution in [0, 0.1) is 0 Å². The molecule has 0 amide bonds. The molecule has 0 saturated carbocycles. The summed E-state index contributed by atoms with van der Waals surface area (Å²) >= 11 is 1.47. The van der Waals surface area contributed by atoms with E-state index >= 15 is 0 Å². The minimum Gasteiger partial charge on any atom is -0.338 e. The third-order valence-corrected chi connectivity index (χ3v) is 3.62. The van der Waals surface area contributed by atoms with Gasteiger partial charge in [-0.15, -0.1) is 5.10 Å². The van der Waals surface area contributed by atoms with Gasteiger partial charge in [0.05, 0.1) is 5.25 Å². The topological polar surface area (TPSA) is 82.0 Å². The van der Waals surface area contributed by atoms with Crippen LogP contribution in [0.3, 0.4) is 0 Å². The Hall–Kier alpha value is -1.96. The predicted molar refractivity (Wildman–Crippen MR) is 73.3 cm³/mol. The number of aromatic nitrogens is 6. The largest absolute Gasteiger partial charge is 0.338 e. The van der Waals surface area contributed by atoms with Crippen LogP contribution < -0.4 is 0 Å². The van der Waals surface area contributed by atoms with E-state index in [0.717, 1.165) is 18.7 Å². The van der Waals surface area contributed by atoms with E-state index in [2.05, 4.69) is 32.1 Å². The number of hydrogen-bond acceptors (Lipinski definition) is 7. The van der Waals surface area contributed by atoms with Crippen LogP contribution in [0.1, 0.15) is 37.2 Å². The first kappa shape index (κ1) is 13.0. The summed E-state index contributed by atoms with van der Waals surface area (Å²) in [6.45, 7) is 4.08. The van der Waals surface area contributed by atoms with Crippen molar-refractivity contribution in [2.45, 2.75) is 37.1 Å². The van der Waals surface area contributed by atoms with Crippen LogP contribution in [0.5, 0.6) is 0 Å². The minimum atomic E-state index is 0.00511. The summed E-state index contributed by atoms with van der Waals surface area (Å²) < 4.78 is 6.91. The average Bonchev–Trinajstić information content (AvgIpc) is 3.04. The molecule has 3 aromatic heterocycles. The first-order valence-electron chi connectivity index (χ1n) is 6.43. The molecule has 3 aromatic rings. The van der Waals surface area contributed by atoms with Crippen LogP contribution in [0.15, 0.2) is 28.1 Å². The Morgan fingerprint density at radius 3 is 3.10 bits per heavy atom. The normalized spacial score (nSPS) is 12.9. The van der Waals surface area contributed by atoms with Gasteiger partial charge in [0.25, 0.3) is 5.78 Å². The third-order valence-electron chi connectivity index (χ3n) is 2.68. The molecule has 1 atom stereocenters. The van der Waals surface area contributed by atoms with Crippen LogP contribution in [-0.4, -0.2) is 29.7 Å². The van der Waals surface area contributed by atoms with Crippen molar-refractivity contribution < 1.29 is 4.52 Å². The van der Waals surface area contributed by atoms with Gasteiger partial charge in [0.2, 0.25) is 11.0 Å². The zero-order chi connectivity index (χ0) is 13.9. The lowest BCUT2D eigenvalue weighted by Gasteiger charge is -2.00. The quantitative estimate of drug-likeness (QED) is 0.667. The molecule has 0 aliphatic heterocycles. The highest BCUT2D eigenvalue weighted by Gasteiger charge is 2.18. The fourth-order valence-corrected chi connectivity index (χ4v) is 2.51. The molecule has 8 heteroatoms. The Balaban J connectivity index is 1.75. The van der Waals surface area contributed by atoms with Crippen molar-refractivity contribution in [2.24, 2.45) is 0 Å². The first-order chi connectivity index (χ1) is 9.76. The molecule has 0 saturated heterocycles. The van der Waals surface area contributed by atoms with E-state index in [1.54, 1.807) is 10.7 Å². The van der Waals surface area contributed by atoms with E-state index in [4.69, 9.17) is 4.52 Å². The number of thioether (sulfide) groups is 1. The fraction of sp³-hybridized carbons (Fsp3) is 0.417. The van der Waals surface area contributed by atoms with Gasteiger partial charge in [0, 0.05) is 18.8 Å². The lowest BCUT2D eigenvalue weighted by molar-refractivity contribution is 0.374. The monoisotopic (exact) mass is 290 g/mol. The summed E-state index contributed by atoms with van der Waals surface area (Å²) in [4.78, 5) is 12.8. The highest BCUT2D eigenvalue weighted by Crippen LogP contribution is 2.31. The second-order valence-corrected chi connectivity index (χ2v) is 5.63. The molecule has 104 valence electrons. The van der Waals surface area contributed by atoms with E-state index in [9.17, 15) is 0 Å². The number of aryl methyl sites for hydroxylation is 1. The van der Waals surface area contributed by atoms with E-state index in [1.807, 2.05) is 19.2 Å². The molecule has 0 aliphatic rings. The van der Waals surface area contributed by atoms with Crippen LogP contribution in [0.4, 0.5) is 0 Å². The summed E-state index contributed by atoms with van der Waals surface area (Å²) in [6.07, 6.45) is 5.34. The standard InChI is InChI=1S/C12H14N6OS/c1-3-5-9-14-10(19-17-9)8(2)20-12-15-11-13-6-4-7-18(11)16-12/h4,6-8H,3,5H2,1-2H3. The molecular formula is C12H14N6OS. The Morgan fingerprint density at radius 2 is 2.30 bits per heavy atom. The zero-order valence-electron chi connectivity index (χ0n) is 11.2. The summed E-state index contributed by atoms with van der Waals surface area (Å²) in [5.74, 6) is 1.93. The molecule has 0 N–H and O–H groups in total. The van der Waals surface area contributed by atoms with Gasteiger partial charge in [-0.25, -0.2) is 9.50 Å². The highest BCUT2D eigenvalue weighted by molar-refractivity contribution is 7.99. The fourth-order valence-electron chi connectivity index (χ4n) is 1.73. The van der Waals surface area contributed by atoms with Gasteiger partial charge in [-0.3, -0.25) is 0 Å². The molecule has 20 heavy (non-hydrogen) atoms. The predicted octanol–water partition coefficient (Wildman–Crippen LogP) is 2.31. The van der Waals surface area contributed by atoms with Crippen LogP contribution in [-0.2, 0) is 6.42 Å². The van der Waals surface area contributed by atoms with Crippen LogP contribution in [0.2, 0.25) is 0 Å². The smallest absolute Gasteiger partial charge is 0.253 e. The molecule has 3 heterocycles. The molecule has 0 aromatic carbocycles. The maximum absolute atomic E-state index is 5.27. The van der Waals surface area contributed by atoms with Crippen molar-refractivity contribution in [2.75, 3.05) is 0 Å². The maximum atomic E-state index is 5.27. The van der Waals surface area contributed by atoms with Crippen molar-refractivity contribution >= 4 is 17.5 Å². The van der Waals surface area contributed by atoms with E-state index in [1.165, 1.54) is 11.8 Å². The summed E-state index contributed by atoms with van der Waals surface area (Å²) in [6, 6.07) is 1.81. The summed E-state index contributed by atoms with van der Waals surface area (Å²) in [5, 5.41) is 8.94. The summed E-state index contributed by atoms with van der Waals surface area (Å²) in [7, 11) is 0. The molecule has 7 nitrogen and oxygen atoms in total. The van der Waals surface area contributed by atoms with Gasteiger partial charge in [-0.1, -0.05) is 23.8 Å². The zero-order valence-corrected chi connectivity index (χ0v) is 12.0. The molecule has 0 fully saturated rings. The van der Waals surface area contributed by atoms with Gasteiger partial charge >= 0.3 is 0 Å². The molecule has 3 rings (SSSR count). The lowest BCUT2D eigenvalue weighted by Crippen LogP contribution is -1.92. The molecular weight excluding hydrogens is 276 g/mol. The Morgan fingerprint density at radius 1 is 1.40 bits per heavy atom. The van der Waals surface area contributed by atoms with Gasteiger partial charge in [0.1, 0.15) is 0 Å². The molecule has 0 bridgehead atoms. The Kier molecular flexibility index (Phi) is 3.64. The number of hydrogen-bond donors (Lipinski definition) is 0. The SMILES string of the molecule is CCCc1noc(C(C)Sc2nc3ncccn3n2)n1. The second kappa shape index (κ2) is 5.58. The Labute approximate surface area is 119 Å². The highest BCUT2D eigenvalue weighted by atomic mass is 32.2. The van der Waals surface area contributed by atoms with Crippen LogP contribution >= 0.6 is 11.8 Å². The average molecular weight is 290 g/mol. The van der Waals surface area contributed by atoms with Crippen LogP contribution in [0.25, 0.3) is 5.78 Å². The molecule has 1 unspecified atom stereocenters. The van der Waals surface area contributed by atoms with Crippen molar-refractivity contribution in [3.8, 4) is 0 Å². The van der Waals surface area contributed by atoms with Crippen molar-refractivity contribution in [3.05, 3.63) is 30.2 Å². The van der Waals surface area contributed by atoms with Crippen molar-refractivity contribution in [3.63, 3.8) is 0 Å². The van der Waals surface area contributed by atoms with Gasteiger partial charge in [0.15, 0.2) is 5.82 Å². The van der Waals surface area contributed by atoms with E-state index < -0.39 is 0 Å². The maximum Gasteiger partial charge on any atom is 0.253 e. The molecule has 0 radical (unpaired) electrons. The number of rotatable bonds is 5. The van der Waals surface area contributed by atoms with E-state index in [-0.39, 0.29) is 5.25 Å². The first-order valence-corrected chi connectivity index (χ1v) is 7.30. The molecule has 0 aliphatic carbocycles. The Bertz CT molecular complexity index is 676. The van der Waals surface area contributed by atoms with Gasteiger partial charge in [-0.2, -0.15) is 9.97 Å². The van der Waals surface area contributed by atoms with E-state index in [0.29, 0.717) is 16.8 Å². The minimum absolute atomic E-state index is 0.00511. The number of nitrogens with zero attached hydrogens (tertiary/aromatic N) is 6. The van der Waals surface area contributed by atoms with Gasteiger partial charge < -0.3 is 4.52 Å². The van der Waals surface area contributed by atoms with Crippen molar-refractivity contribution in [1.82, 2.24) is 29.7 Å².